The quantitative estimate of drug-likeness (QED) is 0.764. The molecule has 1 aromatic heterocycles. The summed E-state index contributed by atoms with van der Waals surface area (Å²) in [6, 6.07) is 9.34. The second-order valence-electron chi connectivity index (χ2n) is 5.56. The number of hydrogen-bond donors (Lipinski definition) is 0. The van der Waals surface area contributed by atoms with Crippen LogP contribution in [0.1, 0.15) is 44.0 Å². The number of aromatic nitrogens is 1. The Labute approximate surface area is 120 Å². The third kappa shape index (κ3) is 3.56. The van der Waals surface area contributed by atoms with Gasteiger partial charge in [0.25, 0.3) is 0 Å². The first-order valence-electron chi connectivity index (χ1n) is 7.12. The van der Waals surface area contributed by atoms with Gasteiger partial charge in [-0.1, -0.05) is 32.0 Å². The molecule has 1 unspecified atom stereocenters. The zero-order chi connectivity index (χ0) is 14.5. The molecule has 0 saturated heterocycles. The van der Waals surface area contributed by atoms with Crippen LogP contribution in [0.5, 0.6) is 0 Å². The molecule has 1 aromatic carbocycles. The van der Waals surface area contributed by atoms with Crippen molar-refractivity contribution in [3.8, 4) is 0 Å². The summed E-state index contributed by atoms with van der Waals surface area (Å²) in [5.74, 6) is 0.359. The van der Waals surface area contributed by atoms with Crippen LogP contribution in [-0.2, 0) is 4.74 Å². The Balaban J connectivity index is 2.11. The van der Waals surface area contributed by atoms with Gasteiger partial charge in [0, 0.05) is 11.6 Å². The van der Waals surface area contributed by atoms with Crippen molar-refractivity contribution in [3.05, 3.63) is 42.1 Å². The maximum Gasteiger partial charge on any atom is 0.339 e. The summed E-state index contributed by atoms with van der Waals surface area (Å²) in [4.78, 5) is 16.5. The van der Waals surface area contributed by atoms with Crippen molar-refractivity contribution in [1.82, 2.24) is 4.98 Å². The van der Waals surface area contributed by atoms with E-state index in [1.54, 1.807) is 12.3 Å². The highest BCUT2D eigenvalue weighted by atomic mass is 16.5. The van der Waals surface area contributed by atoms with Crippen LogP contribution in [0, 0.1) is 5.92 Å². The van der Waals surface area contributed by atoms with Crippen LogP contribution >= 0.6 is 0 Å². The summed E-state index contributed by atoms with van der Waals surface area (Å²) in [7, 11) is 0. The molecule has 0 bridgehead atoms. The molecule has 106 valence electrons. The van der Waals surface area contributed by atoms with Gasteiger partial charge in [-0.3, -0.25) is 4.98 Å². The van der Waals surface area contributed by atoms with E-state index in [4.69, 9.17) is 4.74 Å². The Hall–Kier alpha value is -1.90. The van der Waals surface area contributed by atoms with Crippen LogP contribution in [0.15, 0.2) is 36.5 Å². The molecular formula is C17H21NO2. The Bertz CT molecular complexity index is 587. The number of rotatable bonds is 5. The molecule has 0 aliphatic carbocycles. The Morgan fingerprint density at radius 2 is 1.90 bits per heavy atom. The van der Waals surface area contributed by atoms with Crippen molar-refractivity contribution in [2.24, 2.45) is 5.92 Å². The normalized spacial score (nSPS) is 12.6. The summed E-state index contributed by atoms with van der Waals surface area (Å²) in [5, 5.41) is 0.844. The fourth-order valence-electron chi connectivity index (χ4n) is 2.15. The van der Waals surface area contributed by atoms with Crippen LogP contribution in [0.25, 0.3) is 10.9 Å². The smallest absolute Gasteiger partial charge is 0.339 e. The molecule has 3 nitrogen and oxygen atoms in total. The number of pyridine rings is 1. The first-order chi connectivity index (χ1) is 9.58. The highest BCUT2D eigenvalue weighted by Crippen LogP contribution is 2.18. The average molecular weight is 271 g/mol. The van der Waals surface area contributed by atoms with Crippen LogP contribution < -0.4 is 0 Å². The first-order valence-corrected chi connectivity index (χ1v) is 7.12. The van der Waals surface area contributed by atoms with Crippen molar-refractivity contribution in [3.63, 3.8) is 0 Å². The summed E-state index contributed by atoms with van der Waals surface area (Å²) in [5.41, 5.74) is 1.41. The second-order valence-corrected chi connectivity index (χ2v) is 5.56. The number of carbonyl (C=O) groups is 1. The van der Waals surface area contributed by atoms with Gasteiger partial charge in [-0.05, 0) is 37.8 Å². The van der Waals surface area contributed by atoms with Crippen molar-refractivity contribution in [1.29, 1.82) is 0 Å². The summed E-state index contributed by atoms with van der Waals surface area (Å²) < 4.78 is 5.53. The number of ether oxygens (including phenoxy) is 1. The highest BCUT2D eigenvalue weighted by molar-refractivity contribution is 6.03. The molecule has 2 aromatic rings. The Morgan fingerprint density at radius 3 is 2.65 bits per heavy atom. The van der Waals surface area contributed by atoms with E-state index in [1.807, 2.05) is 31.2 Å². The van der Waals surface area contributed by atoms with Crippen LogP contribution in [0.4, 0.5) is 0 Å². The maximum atomic E-state index is 12.3. The minimum atomic E-state index is -0.264. The monoisotopic (exact) mass is 271 g/mol. The molecule has 3 heteroatoms. The van der Waals surface area contributed by atoms with Crippen molar-refractivity contribution < 1.29 is 9.53 Å². The highest BCUT2D eigenvalue weighted by Gasteiger charge is 2.15. The van der Waals surface area contributed by atoms with Gasteiger partial charge in [0.15, 0.2) is 0 Å². The largest absolute Gasteiger partial charge is 0.459 e. The van der Waals surface area contributed by atoms with Crippen LogP contribution in [0.3, 0.4) is 0 Å². The Morgan fingerprint density at radius 1 is 1.15 bits per heavy atom. The molecule has 1 heterocycles. The topological polar surface area (TPSA) is 39.2 Å². The molecular weight excluding hydrogens is 250 g/mol. The van der Waals surface area contributed by atoms with Gasteiger partial charge in [-0.15, -0.1) is 0 Å². The average Bonchev–Trinajstić information content (AvgIpc) is 2.44. The lowest BCUT2D eigenvalue weighted by Gasteiger charge is -2.15. The number of esters is 1. The van der Waals surface area contributed by atoms with Gasteiger partial charge in [-0.25, -0.2) is 4.79 Å². The van der Waals surface area contributed by atoms with Crippen molar-refractivity contribution in [2.75, 3.05) is 0 Å². The van der Waals surface area contributed by atoms with Gasteiger partial charge in [-0.2, -0.15) is 0 Å². The summed E-state index contributed by atoms with van der Waals surface area (Å²) in [6.07, 6.45) is 3.55. The maximum absolute atomic E-state index is 12.3. The minimum Gasteiger partial charge on any atom is -0.459 e. The van der Waals surface area contributed by atoms with Gasteiger partial charge in [0.1, 0.15) is 0 Å². The standard InChI is InChI=1S/C17H21NO2/c1-12(2)8-9-13(3)20-17(19)15-10-11-18-16-7-5-4-6-14(15)16/h4-7,10-13H,8-9H2,1-3H3. The Kier molecular flexibility index (Phi) is 4.72. The lowest BCUT2D eigenvalue weighted by Crippen LogP contribution is -2.16. The van der Waals surface area contributed by atoms with Gasteiger partial charge < -0.3 is 4.74 Å². The predicted molar refractivity (Wildman–Crippen MR) is 80.7 cm³/mol. The van der Waals surface area contributed by atoms with Crippen LogP contribution in [0.2, 0.25) is 0 Å². The number of benzene rings is 1. The summed E-state index contributed by atoms with van der Waals surface area (Å²) >= 11 is 0. The number of nitrogens with zero attached hydrogens (tertiary/aromatic N) is 1. The molecule has 2 rings (SSSR count). The molecule has 0 N–H and O–H groups in total. The lowest BCUT2D eigenvalue weighted by molar-refractivity contribution is 0.0316. The zero-order valence-corrected chi connectivity index (χ0v) is 12.3. The number of para-hydroxylation sites is 1. The lowest BCUT2D eigenvalue weighted by atomic mass is 10.1. The molecule has 0 radical (unpaired) electrons. The van der Waals surface area contributed by atoms with Gasteiger partial charge in [0.2, 0.25) is 0 Å². The van der Waals surface area contributed by atoms with E-state index in [1.165, 1.54) is 0 Å². The van der Waals surface area contributed by atoms with E-state index in [0.29, 0.717) is 11.5 Å². The van der Waals surface area contributed by atoms with Crippen LogP contribution in [-0.4, -0.2) is 17.1 Å². The fraction of sp³-hybridized carbons (Fsp3) is 0.412. The fourth-order valence-corrected chi connectivity index (χ4v) is 2.15. The van der Waals surface area contributed by atoms with Gasteiger partial charge in [0.05, 0.1) is 17.2 Å². The molecule has 0 aliphatic rings. The predicted octanol–water partition coefficient (Wildman–Crippen LogP) is 4.22. The summed E-state index contributed by atoms with van der Waals surface area (Å²) in [6.45, 7) is 6.29. The molecule has 0 aliphatic heterocycles. The molecule has 0 fully saturated rings. The second kappa shape index (κ2) is 6.51. The minimum absolute atomic E-state index is 0.0585. The van der Waals surface area contributed by atoms with E-state index in [0.717, 1.165) is 23.7 Å². The third-order valence-corrected chi connectivity index (χ3v) is 3.33. The number of carbonyl (C=O) groups excluding carboxylic acids is 1. The van der Waals surface area contributed by atoms with Gasteiger partial charge >= 0.3 is 5.97 Å². The van der Waals surface area contributed by atoms with E-state index < -0.39 is 0 Å². The number of fused-ring (bicyclic) bond motifs is 1. The third-order valence-electron chi connectivity index (χ3n) is 3.33. The molecule has 1 atom stereocenters. The SMILES string of the molecule is CC(C)CCC(C)OC(=O)c1ccnc2ccccc12. The molecule has 0 amide bonds. The van der Waals surface area contributed by atoms with E-state index in [-0.39, 0.29) is 12.1 Å². The number of hydrogen-bond acceptors (Lipinski definition) is 3. The molecule has 0 spiro atoms. The molecule has 0 saturated carbocycles. The van der Waals surface area contributed by atoms with Crippen molar-refractivity contribution in [2.45, 2.75) is 39.7 Å². The zero-order valence-electron chi connectivity index (χ0n) is 12.3. The van der Waals surface area contributed by atoms with Crippen molar-refractivity contribution >= 4 is 16.9 Å². The first kappa shape index (κ1) is 14.5. The van der Waals surface area contributed by atoms with E-state index in [9.17, 15) is 4.79 Å². The molecule has 20 heavy (non-hydrogen) atoms. The van der Waals surface area contributed by atoms with E-state index >= 15 is 0 Å². The van der Waals surface area contributed by atoms with E-state index in [2.05, 4.69) is 18.8 Å².